The summed E-state index contributed by atoms with van der Waals surface area (Å²) in [6.45, 7) is 4.73. The summed E-state index contributed by atoms with van der Waals surface area (Å²) in [6.07, 6.45) is 2.60. The van der Waals surface area contributed by atoms with Crippen LogP contribution in [0.2, 0.25) is 5.02 Å². The van der Waals surface area contributed by atoms with E-state index in [1.165, 1.54) is 18.4 Å². The zero-order valence-corrected chi connectivity index (χ0v) is 12.9. The zero-order valence-electron chi connectivity index (χ0n) is 11.4. The van der Waals surface area contributed by atoms with E-state index in [1.807, 2.05) is 23.9 Å². The van der Waals surface area contributed by atoms with Gasteiger partial charge in [-0.3, -0.25) is 0 Å². The molecule has 3 heteroatoms. The third-order valence-electron chi connectivity index (χ3n) is 4.01. The summed E-state index contributed by atoms with van der Waals surface area (Å²) in [5.41, 5.74) is 1.66. The molecule has 1 saturated carbocycles. The van der Waals surface area contributed by atoms with E-state index >= 15 is 0 Å². The fraction of sp³-hybridized carbons (Fsp3) is 0.600. The minimum atomic E-state index is 0.410. The molecular weight excluding hydrogens is 262 g/mol. The summed E-state index contributed by atoms with van der Waals surface area (Å²) in [6, 6.07) is 8.77. The Kier molecular flexibility index (Phi) is 4.63. The molecule has 0 heterocycles. The number of halogens is 1. The molecular formula is C15H22ClNS. The van der Waals surface area contributed by atoms with Crippen LogP contribution in [0.3, 0.4) is 0 Å². The molecule has 0 aliphatic heterocycles. The lowest BCUT2D eigenvalue weighted by molar-refractivity contribution is 0.300. The Labute approximate surface area is 120 Å². The molecule has 2 unspecified atom stereocenters. The van der Waals surface area contributed by atoms with Crippen LogP contribution < -0.4 is 5.32 Å². The first kappa shape index (κ1) is 14.2. The van der Waals surface area contributed by atoms with Gasteiger partial charge in [-0.05, 0) is 36.9 Å². The monoisotopic (exact) mass is 283 g/mol. The van der Waals surface area contributed by atoms with Gasteiger partial charge in [0.1, 0.15) is 0 Å². The van der Waals surface area contributed by atoms with E-state index in [4.69, 9.17) is 11.6 Å². The Morgan fingerprint density at radius 1 is 1.39 bits per heavy atom. The number of nitrogens with one attached hydrogen (secondary N) is 1. The van der Waals surface area contributed by atoms with Crippen LogP contribution in [0.1, 0.15) is 32.3 Å². The maximum absolute atomic E-state index is 6.21. The Hall–Kier alpha value is -0.180. The number of hydrogen-bond donors (Lipinski definition) is 1. The molecule has 1 aliphatic carbocycles. The average molecular weight is 284 g/mol. The van der Waals surface area contributed by atoms with Crippen molar-refractivity contribution in [2.24, 2.45) is 5.41 Å². The largest absolute Gasteiger partial charge is 0.315 e. The second-order valence-electron chi connectivity index (χ2n) is 5.73. The topological polar surface area (TPSA) is 12.0 Å². The fourth-order valence-corrected chi connectivity index (χ4v) is 4.82. The van der Waals surface area contributed by atoms with Gasteiger partial charge in [0.25, 0.3) is 0 Å². The smallest absolute Gasteiger partial charge is 0.0446 e. The number of rotatable bonds is 4. The first-order valence-corrected chi connectivity index (χ1v) is 7.99. The van der Waals surface area contributed by atoms with Crippen molar-refractivity contribution in [3.63, 3.8) is 0 Å². The van der Waals surface area contributed by atoms with Crippen LogP contribution in [0.25, 0.3) is 0 Å². The molecule has 0 amide bonds. The van der Waals surface area contributed by atoms with Gasteiger partial charge in [0.05, 0.1) is 0 Å². The van der Waals surface area contributed by atoms with Gasteiger partial charge in [-0.2, -0.15) is 11.8 Å². The molecule has 0 bridgehead atoms. The molecule has 100 valence electrons. The maximum Gasteiger partial charge on any atom is 0.0446 e. The van der Waals surface area contributed by atoms with Gasteiger partial charge >= 0.3 is 0 Å². The van der Waals surface area contributed by atoms with Gasteiger partial charge < -0.3 is 5.32 Å². The van der Waals surface area contributed by atoms with Crippen molar-refractivity contribution < 1.29 is 0 Å². The van der Waals surface area contributed by atoms with E-state index in [9.17, 15) is 0 Å². The predicted molar refractivity (Wildman–Crippen MR) is 82.4 cm³/mol. The van der Waals surface area contributed by atoms with Gasteiger partial charge in [-0.1, -0.05) is 43.6 Å². The first-order chi connectivity index (χ1) is 8.54. The average Bonchev–Trinajstić information content (AvgIpc) is 2.63. The molecule has 1 aromatic rings. The SMILES string of the molecule is CNC1C(SCc2ccccc2Cl)CCC1(C)C. The number of hydrogen-bond acceptors (Lipinski definition) is 2. The minimum Gasteiger partial charge on any atom is -0.315 e. The lowest BCUT2D eigenvalue weighted by Gasteiger charge is -2.30. The van der Waals surface area contributed by atoms with Crippen LogP contribution in [-0.2, 0) is 5.75 Å². The van der Waals surface area contributed by atoms with Crippen molar-refractivity contribution in [1.82, 2.24) is 5.32 Å². The van der Waals surface area contributed by atoms with Crippen LogP contribution >= 0.6 is 23.4 Å². The number of benzene rings is 1. The zero-order chi connectivity index (χ0) is 13.2. The maximum atomic E-state index is 6.21. The Morgan fingerprint density at radius 3 is 2.78 bits per heavy atom. The molecule has 1 nitrogen and oxygen atoms in total. The van der Waals surface area contributed by atoms with Gasteiger partial charge in [0.2, 0.25) is 0 Å². The van der Waals surface area contributed by atoms with E-state index in [0.717, 1.165) is 10.8 Å². The number of thioether (sulfide) groups is 1. The van der Waals surface area contributed by atoms with Crippen LogP contribution in [0.5, 0.6) is 0 Å². The normalized spacial score (nSPS) is 26.4. The molecule has 0 saturated heterocycles. The fourth-order valence-electron chi connectivity index (χ4n) is 2.91. The van der Waals surface area contributed by atoms with Gasteiger partial charge in [0, 0.05) is 22.1 Å². The van der Waals surface area contributed by atoms with E-state index in [-0.39, 0.29) is 0 Å². The summed E-state index contributed by atoms with van der Waals surface area (Å²) in [5, 5.41) is 5.09. The van der Waals surface area contributed by atoms with Crippen molar-refractivity contribution in [3.05, 3.63) is 34.9 Å². The molecule has 1 aliphatic rings. The highest BCUT2D eigenvalue weighted by atomic mass is 35.5. The molecule has 2 atom stereocenters. The van der Waals surface area contributed by atoms with Crippen LogP contribution in [0, 0.1) is 5.41 Å². The summed E-state index contributed by atoms with van der Waals surface area (Å²) in [4.78, 5) is 0. The lowest BCUT2D eigenvalue weighted by Crippen LogP contribution is -2.41. The molecule has 1 N–H and O–H groups in total. The predicted octanol–water partition coefficient (Wildman–Crippen LogP) is 4.35. The highest BCUT2D eigenvalue weighted by Gasteiger charge is 2.40. The Morgan fingerprint density at radius 2 is 2.11 bits per heavy atom. The summed E-state index contributed by atoms with van der Waals surface area (Å²) >= 11 is 8.25. The van der Waals surface area contributed by atoms with E-state index in [0.29, 0.717) is 16.7 Å². The van der Waals surface area contributed by atoms with E-state index in [1.54, 1.807) is 0 Å². The van der Waals surface area contributed by atoms with Gasteiger partial charge in [-0.25, -0.2) is 0 Å². The van der Waals surface area contributed by atoms with Crippen molar-refractivity contribution >= 4 is 23.4 Å². The van der Waals surface area contributed by atoms with Crippen molar-refractivity contribution in [2.75, 3.05) is 7.05 Å². The second-order valence-corrected chi connectivity index (χ2v) is 7.37. The third-order valence-corrected chi connectivity index (χ3v) is 5.79. The van der Waals surface area contributed by atoms with E-state index in [2.05, 4.69) is 38.3 Å². The molecule has 2 rings (SSSR count). The molecule has 0 radical (unpaired) electrons. The lowest BCUT2D eigenvalue weighted by atomic mass is 9.87. The quantitative estimate of drug-likeness (QED) is 0.882. The van der Waals surface area contributed by atoms with Gasteiger partial charge in [0.15, 0.2) is 0 Å². The standard InChI is InChI=1S/C15H22ClNS/c1-15(2)9-8-13(14(15)17-3)18-10-11-6-4-5-7-12(11)16/h4-7,13-14,17H,8-10H2,1-3H3. The molecule has 18 heavy (non-hydrogen) atoms. The molecule has 0 aromatic heterocycles. The summed E-state index contributed by atoms with van der Waals surface area (Å²) in [5.74, 6) is 1.01. The summed E-state index contributed by atoms with van der Waals surface area (Å²) in [7, 11) is 2.08. The van der Waals surface area contributed by atoms with Crippen molar-refractivity contribution in [1.29, 1.82) is 0 Å². The van der Waals surface area contributed by atoms with Crippen molar-refractivity contribution in [3.8, 4) is 0 Å². The molecule has 0 spiro atoms. The van der Waals surface area contributed by atoms with Gasteiger partial charge in [-0.15, -0.1) is 0 Å². The first-order valence-electron chi connectivity index (χ1n) is 6.57. The molecule has 1 aromatic carbocycles. The van der Waals surface area contributed by atoms with E-state index < -0.39 is 0 Å². The van der Waals surface area contributed by atoms with Crippen LogP contribution in [-0.4, -0.2) is 18.3 Å². The minimum absolute atomic E-state index is 0.410. The third kappa shape index (κ3) is 3.04. The second kappa shape index (κ2) is 5.85. The van der Waals surface area contributed by atoms with Crippen LogP contribution in [0.4, 0.5) is 0 Å². The Balaban J connectivity index is 1.97. The molecule has 1 fully saturated rings. The Bertz CT molecular complexity index is 405. The summed E-state index contributed by atoms with van der Waals surface area (Å²) < 4.78 is 0. The van der Waals surface area contributed by atoms with Crippen molar-refractivity contribution in [2.45, 2.75) is 43.7 Å². The highest BCUT2D eigenvalue weighted by Crippen LogP contribution is 2.43. The highest BCUT2D eigenvalue weighted by molar-refractivity contribution is 7.99. The van der Waals surface area contributed by atoms with Crippen LogP contribution in [0.15, 0.2) is 24.3 Å².